The molecule has 1 rings (SSSR count). The lowest BCUT2D eigenvalue weighted by Gasteiger charge is -2.11. The zero-order valence-corrected chi connectivity index (χ0v) is 12.7. The fourth-order valence-corrected chi connectivity index (χ4v) is 1.67. The van der Waals surface area contributed by atoms with Crippen molar-refractivity contribution in [1.29, 1.82) is 0 Å². The minimum absolute atomic E-state index is 0.0617. The van der Waals surface area contributed by atoms with E-state index in [1.807, 2.05) is 18.2 Å². The van der Waals surface area contributed by atoms with Crippen molar-refractivity contribution in [2.45, 2.75) is 20.3 Å². The number of ether oxygens (including phenoxy) is 2. The van der Waals surface area contributed by atoms with E-state index in [-0.39, 0.29) is 5.91 Å². The van der Waals surface area contributed by atoms with Crippen LogP contribution in [0, 0.1) is 5.92 Å². The van der Waals surface area contributed by atoms with Crippen LogP contribution in [0.3, 0.4) is 0 Å². The minimum Gasteiger partial charge on any atom is -0.493 e. The van der Waals surface area contributed by atoms with Crippen molar-refractivity contribution in [2.24, 2.45) is 5.92 Å². The summed E-state index contributed by atoms with van der Waals surface area (Å²) in [6.45, 7) is 5.44. The first-order chi connectivity index (χ1) is 9.56. The molecule has 0 saturated heterocycles. The van der Waals surface area contributed by atoms with Crippen molar-refractivity contribution >= 4 is 11.6 Å². The van der Waals surface area contributed by atoms with Gasteiger partial charge in [-0.15, -0.1) is 0 Å². The van der Waals surface area contributed by atoms with Crippen LogP contribution >= 0.6 is 0 Å². The molecule has 1 aromatic rings. The Kier molecular flexibility index (Phi) is 6.70. The highest BCUT2D eigenvalue weighted by atomic mass is 16.5. The standard InChI is InChI=1S/C15H24N2O3/c1-11(2)10-17-15(18)7-8-16-12-5-6-13(19-3)14(9-12)20-4/h5-6,9,11,16H,7-8,10H2,1-4H3,(H,17,18). The number of hydrogen-bond donors (Lipinski definition) is 2. The largest absolute Gasteiger partial charge is 0.493 e. The third kappa shape index (κ3) is 5.38. The molecule has 1 aromatic carbocycles. The summed E-state index contributed by atoms with van der Waals surface area (Å²) in [7, 11) is 3.20. The topological polar surface area (TPSA) is 59.6 Å². The van der Waals surface area contributed by atoms with Crippen LogP contribution < -0.4 is 20.1 Å². The predicted molar refractivity (Wildman–Crippen MR) is 80.5 cm³/mol. The van der Waals surface area contributed by atoms with Crippen LogP contribution in [0.15, 0.2) is 18.2 Å². The van der Waals surface area contributed by atoms with Gasteiger partial charge in [0.05, 0.1) is 14.2 Å². The average Bonchev–Trinajstić information content (AvgIpc) is 2.44. The number of nitrogens with one attached hydrogen (secondary N) is 2. The van der Waals surface area contributed by atoms with Gasteiger partial charge in [-0.2, -0.15) is 0 Å². The number of carbonyl (C=O) groups is 1. The van der Waals surface area contributed by atoms with Crippen LogP contribution in [0.25, 0.3) is 0 Å². The maximum atomic E-state index is 11.6. The van der Waals surface area contributed by atoms with Gasteiger partial charge in [0.1, 0.15) is 0 Å². The molecule has 0 saturated carbocycles. The molecule has 0 unspecified atom stereocenters. The lowest BCUT2D eigenvalue weighted by molar-refractivity contribution is -0.120. The number of carbonyl (C=O) groups excluding carboxylic acids is 1. The molecule has 5 heteroatoms. The second kappa shape index (κ2) is 8.30. The lowest BCUT2D eigenvalue weighted by atomic mass is 10.2. The Balaban J connectivity index is 2.40. The van der Waals surface area contributed by atoms with E-state index in [2.05, 4.69) is 24.5 Å². The Labute approximate surface area is 120 Å². The molecule has 0 spiro atoms. The molecule has 1 amide bonds. The summed E-state index contributed by atoms with van der Waals surface area (Å²) < 4.78 is 10.4. The van der Waals surface area contributed by atoms with E-state index in [9.17, 15) is 4.79 Å². The Morgan fingerprint density at radius 1 is 1.20 bits per heavy atom. The third-order valence-electron chi connectivity index (χ3n) is 2.77. The monoisotopic (exact) mass is 280 g/mol. The number of anilines is 1. The molecule has 0 radical (unpaired) electrons. The van der Waals surface area contributed by atoms with Gasteiger partial charge >= 0.3 is 0 Å². The van der Waals surface area contributed by atoms with Gasteiger partial charge in [-0.1, -0.05) is 13.8 Å². The van der Waals surface area contributed by atoms with Gasteiger partial charge in [0.2, 0.25) is 5.91 Å². The van der Waals surface area contributed by atoms with Crippen LogP contribution in [-0.2, 0) is 4.79 Å². The van der Waals surface area contributed by atoms with E-state index in [0.717, 1.165) is 12.2 Å². The number of benzene rings is 1. The van der Waals surface area contributed by atoms with Crippen molar-refractivity contribution in [1.82, 2.24) is 5.32 Å². The van der Waals surface area contributed by atoms with Crippen molar-refractivity contribution in [3.8, 4) is 11.5 Å². The summed E-state index contributed by atoms with van der Waals surface area (Å²) in [6, 6.07) is 5.58. The smallest absolute Gasteiger partial charge is 0.221 e. The fourth-order valence-electron chi connectivity index (χ4n) is 1.67. The van der Waals surface area contributed by atoms with E-state index in [1.165, 1.54) is 0 Å². The molecule has 5 nitrogen and oxygen atoms in total. The van der Waals surface area contributed by atoms with E-state index in [1.54, 1.807) is 14.2 Å². The molecule has 0 aliphatic carbocycles. The molecule has 112 valence electrons. The Hall–Kier alpha value is -1.91. The van der Waals surface area contributed by atoms with Gasteiger partial charge in [-0.3, -0.25) is 4.79 Å². The molecule has 2 N–H and O–H groups in total. The molecule has 0 fully saturated rings. The Bertz CT molecular complexity index is 433. The fraction of sp³-hybridized carbons (Fsp3) is 0.533. The maximum Gasteiger partial charge on any atom is 0.221 e. The summed E-state index contributed by atoms with van der Waals surface area (Å²) in [5.74, 6) is 1.89. The van der Waals surface area contributed by atoms with Crippen LogP contribution in [-0.4, -0.2) is 33.2 Å². The van der Waals surface area contributed by atoms with Crippen molar-refractivity contribution in [2.75, 3.05) is 32.6 Å². The average molecular weight is 280 g/mol. The van der Waals surface area contributed by atoms with Gasteiger partial charge in [-0.25, -0.2) is 0 Å². The number of rotatable bonds is 8. The molecular formula is C15H24N2O3. The highest BCUT2D eigenvalue weighted by molar-refractivity contribution is 5.76. The van der Waals surface area contributed by atoms with Gasteiger partial charge in [-0.05, 0) is 18.1 Å². The normalized spacial score (nSPS) is 10.2. The maximum absolute atomic E-state index is 11.6. The zero-order valence-electron chi connectivity index (χ0n) is 12.7. The second-order valence-electron chi connectivity index (χ2n) is 4.94. The van der Waals surface area contributed by atoms with Crippen LogP contribution in [0.1, 0.15) is 20.3 Å². The summed E-state index contributed by atoms with van der Waals surface area (Å²) in [5.41, 5.74) is 0.902. The molecule has 0 aromatic heterocycles. The molecule has 0 aliphatic heterocycles. The molecule has 20 heavy (non-hydrogen) atoms. The van der Waals surface area contributed by atoms with Gasteiger partial charge < -0.3 is 20.1 Å². The summed E-state index contributed by atoms with van der Waals surface area (Å²) in [6.07, 6.45) is 0.446. The summed E-state index contributed by atoms with van der Waals surface area (Å²) >= 11 is 0. The van der Waals surface area contributed by atoms with E-state index >= 15 is 0 Å². The SMILES string of the molecule is COc1ccc(NCCC(=O)NCC(C)C)cc1OC. The van der Waals surface area contributed by atoms with Crippen LogP contribution in [0.2, 0.25) is 0 Å². The lowest BCUT2D eigenvalue weighted by Crippen LogP contribution is -2.28. The molecule has 0 aliphatic rings. The zero-order chi connectivity index (χ0) is 15.0. The highest BCUT2D eigenvalue weighted by Gasteiger charge is 2.05. The van der Waals surface area contributed by atoms with Gasteiger partial charge in [0.25, 0.3) is 0 Å². The number of hydrogen-bond acceptors (Lipinski definition) is 4. The third-order valence-corrected chi connectivity index (χ3v) is 2.77. The van der Waals surface area contributed by atoms with Gasteiger partial charge in [0.15, 0.2) is 11.5 Å². The first kappa shape index (κ1) is 16.1. The summed E-state index contributed by atoms with van der Waals surface area (Å²) in [4.78, 5) is 11.6. The van der Waals surface area contributed by atoms with Crippen LogP contribution in [0.5, 0.6) is 11.5 Å². The van der Waals surface area contributed by atoms with Crippen molar-refractivity contribution in [3.63, 3.8) is 0 Å². The molecular weight excluding hydrogens is 256 g/mol. The second-order valence-corrected chi connectivity index (χ2v) is 4.94. The Morgan fingerprint density at radius 3 is 2.50 bits per heavy atom. The van der Waals surface area contributed by atoms with Crippen LogP contribution in [0.4, 0.5) is 5.69 Å². The van der Waals surface area contributed by atoms with E-state index < -0.39 is 0 Å². The Morgan fingerprint density at radius 2 is 1.90 bits per heavy atom. The van der Waals surface area contributed by atoms with Gasteiger partial charge in [0, 0.05) is 31.3 Å². The molecule has 0 bridgehead atoms. The molecule has 0 heterocycles. The quantitative estimate of drug-likeness (QED) is 0.767. The van der Waals surface area contributed by atoms with Crippen molar-refractivity contribution < 1.29 is 14.3 Å². The van der Waals surface area contributed by atoms with E-state index in [4.69, 9.17) is 9.47 Å². The molecule has 0 atom stereocenters. The minimum atomic E-state index is 0.0617. The number of amides is 1. The number of methoxy groups -OCH3 is 2. The summed E-state index contributed by atoms with van der Waals surface area (Å²) in [5, 5.41) is 6.08. The first-order valence-electron chi connectivity index (χ1n) is 6.79. The van der Waals surface area contributed by atoms with Crippen molar-refractivity contribution in [3.05, 3.63) is 18.2 Å². The highest BCUT2D eigenvalue weighted by Crippen LogP contribution is 2.29. The van der Waals surface area contributed by atoms with E-state index in [0.29, 0.717) is 30.4 Å². The first-order valence-corrected chi connectivity index (χ1v) is 6.79. The predicted octanol–water partition coefficient (Wildman–Crippen LogP) is 2.28.